The molecule has 0 spiro atoms. The summed E-state index contributed by atoms with van der Waals surface area (Å²) in [5, 5.41) is 20.4. The molecule has 0 heterocycles. The maximum Gasteiger partial charge on any atom is 0.321 e. The van der Waals surface area contributed by atoms with Crippen molar-refractivity contribution < 1.29 is 15.0 Å². The Kier molecular flexibility index (Phi) is 6.70. The average Bonchev–Trinajstić information content (AvgIpc) is 2.37. The topological polar surface area (TPSA) is 72.8 Å². The van der Waals surface area contributed by atoms with Gasteiger partial charge >= 0.3 is 6.03 Å². The monoisotopic (exact) mass is 316 g/mol. The lowest BCUT2D eigenvalue weighted by atomic mass is 10.3. The summed E-state index contributed by atoms with van der Waals surface area (Å²) < 4.78 is 0.796. The fourth-order valence-corrected chi connectivity index (χ4v) is 1.84. The number of hydrogen-bond acceptors (Lipinski definition) is 3. The van der Waals surface area contributed by atoms with Gasteiger partial charge in [0.1, 0.15) is 0 Å². The van der Waals surface area contributed by atoms with Gasteiger partial charge in [-0.25, -0.2) is 4.79 Å². The molecule has 0 saturated carbocycles. The van der Waals surface area contributed by atoms with Crippen LogP contribution >= 0.6 is 15.9 Å². The van der Waals surface area contributed by atoms with E-state index in [9.17, 15) is 4.79 Å². The summed E-state index contributed by atoms with van der Waals surface area (Å²) in [6.07, 6.45) is 0.489. The van der Waals surface area contributed by atoms with Crippen molar-refractivity contribution in [1.29, 1.82) is 0 Å². The zero-order valence-electron chi connectivity index (χ0n) is 9.97. The van der Waals surface area contributed by atoms with Crippen molar-refractivity contribution in [2.45, 2.75) is 6.42 Å². The number of hydrogen-bond donors (Lipinski definition) is 3. The third-order valence-electron chi connectivity index (χ3n) is 2.36. The van der Waals surface area contributed by atoms with Gasteiger partial charge in [-0.2, -0.15) is 0 Å². The van der Waals surface area contributed by atoms with Crippen LogP contribution in [0.3, 0.4) is 0 Å². The lowest BCUT2D eigenvalue weighted by Gasteiger charge is -2.22. The Bertz CT molecular complexity index is 387. The van der Waals surface area contributed by atoms with Gasteiger partial charge < -0.3 is 20.4 Å². The first kappa shape index (κ1) is 14.9. The maximum absolute atomic E-state index is 12.0. The van der Waals surface area contributed by atoms with E-state index in [1.165, 1.54) is 4.90 Å². The number of carbonyl (C=O) groups excluding carboxylic acids is 1. The fraction of sp³-hybridized carbons (Fsp3) is 0.417. The SMILES string of the molecule is O=C(Nc1ccccc1Br)N(CCO)CCCO. The van der Waals surface area contributed by atoms with Crippen molar-refractivity contribution in [2.75, 3.05) is 31.6 Å². The van der Waals surface area contributed by atoms with Crippen LogP contribution in [0.15, 0.2) is 28.7 Å². The van der Waals surface area contributed by atoms with Crippen LogP contribution < -0.4 is 5.32 Å². The number of carbonyl (C=O) groups is 1. The predicted octanol–water partition coefficient (Wildman–Crippen LogP) is 1.66. The van der Waals surface area contributed by atoms with E-state index in [2.05, 4.69) is 21.2 Å². The number of benzene rings is 1. The van der Waals surface area contributed by atoms with E-state index in [1.54, 1.807) is 6.07 Å². The number of anilines is 1. The smallest absolute Gasteiger partial charge is 0.321 e. The molecule has 0 aliphatic carbocycles. The minimum Gasteiger partial charge on any atom is -0.396 e. The van der Waals surface area contributed by atoms with Crippen molar-refractivity contribution in [3.05, 3.63) is 28.7 Å². The molecule has 1 aromatic carbocycles. The highest BCUT2D eigenvalue weighted by molar-refractivity contribution is 9.10. The predicted molar refractivity (Wildman–Crippen MR) is 73.5 cm³/mol. The highest BCUT2D eigenvalue weighted by Gasteiger charge is 2.13. The lowest BCUT2D eigenvalue weighted by molar-refractivity contribution is 0.180. The van der Waals surface area contributed by atoms with Crippen LogP contribution in [-0.2, 0) is 0 Å². The highest BCUT2D eigenvalue weighted by Crippen LogP contribution is 2.21. The normalized spacial score (nSPS) is 10.2. The Morgan fingerprint density at radius 1 is 1.22 bits per heavy atom. The van der Waals surface area contributed by atoms with Gasteiger partial charge in [-0.1, -0.05) is 12.1 Å². The second-order valence-corrected chi connectivity index (χ2v) is 4.55. The second-order valence-electron chi connectivity index (χ2n) is 3.70. The van der Waals surface area contributed by atoms with Crippen LogP contribution in [0.25, 0.3) is 0 Å². The molecule has 6 heteroatoms. The highest BCUT2D eigenvalue weighted by atomic mass is 79.9. The number of amides is 2. The third kappa shape index (κ3) is 4.64. The van der Waals surface area contributed by atoms with E-state index < -0.39 is 0 Å². The number of aliphatic hydroxyl groups is 2. The molecule has 18 heavy (non-hydrogen) atoms. The van der Waals surface area contributed by atoms with Gasteiger partial charge in [0.15, 0.2) is 0 Å². The first-order chi connectivity index (χ1) is 8.69. The summed E-state index contributed by atoms with van der Waals surface area (Å²) >= 11 is 3.34. The van der Waals surface area contributed by atoms with E-state index in [-0.39, 0.29) is 25.8 Å². The Hall–Kier alpha value is -1.11. The number of rotatable bonds is 6. The molecule has 3 N–H and O–H groups in total. The maximum atomic E-state index is 12.0. The van der Waals surface area contributed by atoms with Crippen LogP contribution in [0, 0.1) is 0 Å². The quantitative estimate of drug-likeness (QED) is 0.747. The summed E-state index contributed by atoms with van der Waals surface area (Å²) in [7, 11) is 0. The Balaban J connectivity index is 2.63. The van der Waals surface area contributed by atoms with E-state index >= 15 is 0 Å². The van der Waals surface area contributed by atoms with Gasteiger partial charge in [-0.3, -0.25) is 0 Å². The number of aliphatic hydroxyl groups excluding tert-OH is 2. The molecule has 0 radical (unpaired) electrons. The molecule has 2 amide bonds. The van der Waals surface area contributed by atoms with E-state index in [1.807, 2.05) is 18.2 Å². The van der Waals surface area contributed by atoms with Gasteiger partial charge in [-0.05, 0) is 34.5 Å². The molecule has 0 aliphatic rings. The van der Waals surface area contributed by atoms with E-state index in [0.717, 1.165) is 4.47 Å². The number of nitrogens with one attached hydrogen (secondary N) is 1. The van der Waals surface area contributed by atoms with Gasteiger partial charge in [0.05, 0.1) is 12.3 Å². The van der Waals surface area contributed by atoms with Crippen LogP contribution in [0.5, 0.6) is 0 Å². The van der Waals surface area contributed by atoms with Crippen molar-refractivity contribution in [1.82, 2.24) is 4.90 Å². The van der Waals surface area contributed by atoms with Gasteiger partial charge in [0.25, 0.3) is 0 Å². The average molecular weight is 317 g/mol. The first-order valence-corrected chi connectivity index (χ1v) is 6.50. The van der Waals surface area contributed by atoms with Gasteiger partial charge in [0, 0.05) is 24.2 Å². The van der Waals surface area contributed by atoms with Crippen LogP contribution in [0.1, 0.15) is 6.42 Å². The standard InChI is InChI=1S/C12H17BrN2O3/c13-10-4-1-2-5-11(10)14-12(18)15(7-9-17)6-3-8-16/h1-2,4-5,16-17H,3,6-9H2,(H,14,18). The van der Waals surface area contributed by atoms with Crippen molar-refractivity contribution in [2.24, 2.45) is 0 Å². The van der Waals surface area contributed by atoms with E-state index in [4.69, 9.17) is 10.2 Å². The van der Waals surface area contributed by atoms with Crippen LogP contribution in [-0.4, -0.2) is 47.4 Å². The zero-order valence-corrected chi connectivity index (χ0v) is 11.6. The van der Waals surface area contributed by atoms with E-state index in [0.29, 0.717) is 18.7 Å². The zero-order chi connectivity index (χ0) is 13.4. The van der Waals surface area contributed by atoms with Crippen LogP contribution in [0.4, 0.5) is 10.5 Å². The summed E-state index contributed by atoms with van der Waals surface area (Å²) in [4.78, 5) is 13.4. The minimum atomic E-state index is -0.288. The Labute approximate surface area is 115 Å². The number of urea groups is 1. The van der Waals surface area contributed by atoms with Crippen molar-refractivity contribution >= 4 is 27.6 Å². The summed E-state index contributed by atoms with van der Waals surface area (Å²) in [5.41, 5.74) is 0.675. The first-order valence-electron chi connectivity index (χ1n) is 5.71. The Morgan fingerprint density at radius 3 is 2.56 bits per heavy atom. The number of halogens is 1. The molecular formula is C12H17BrN2O3. The molecule has 1 rings (SSSR count). The summed E-state index contributed by atoms with van der Waals surface area (Å²) in [6, 6.07) is 7.01. The Morgan fingerprint density at radius 2 is 1.94 bits per heavy atom. The lowest BCUT2D eigenvalue weighted by Crippen LogP contribution is -2.38. The van der Waals surface area contributed by atoms with Gasteiger partial charge in [-0.15, -0.1) is 0 Å². The van der Waals surface area contributed by atoms with Crippen molar-refractivity contribution in [3.63, 3.8) is 0 Å². The molecule has 1 aromatic rings. The number of para-hydroxylation sites is 1. The largest absolute Gasteiger partial charge is 0.396 e. The molecule has 0 fully saturated rings. The molecule has 0 aromatic heterocycles. The van der Waals surface area contributed by atoms with Crippen molar-refractivity contribution in [3.8, 4) is 0 Å². The summed E-state index contributed by atoms with van der Waals surface area (Å²) in [5.74, 6) is 0. The molecule has 100 valence electrons. The van der Waals surface area contributed by atoms with Gasteiger partial charge in [0.2, 0.25) is 0 Å². The fourth-order valence-electron chi connectivity index (χ4n) is 1.45. The molecular weight excluding hydrogens is 300 g/mol. The van der Waals surface area contributed by atoms with Crippen LogP contribution in [0.2, 0.25) is 0 Å². The molecule has 0 saturated heterocycles. The molecule has 0 aliphatic heterocycles. The number of nitrogens with zero attached hydrogens (tertiary/aromatic N) is 1. The molecule has 0 unspecified atom stereocenters. The minimum absolute atomic E-state index is 0.0181. The molecule has 0 bridgehead atoms. The third-order valence-corrected chi connectivity index (χ3v) is 3.05. The second kappa shape index (κ2) is 8.07. The molecule has 0 atom stereocenters. The summed E-state index contributed by atoms with van der Waals surface area (Å²) in [6.45, 7) is 0.572. The molecule has 5 nitrogen and oxygen atoms in total.